The van der Waals surface area contributed by atoms with E-state index in [2.05, 4.69) is 0 Å². The summed E-state index contributed by atoms with van der Waals surface area (Å²) in [5, 5.41) is 0. The Labute approximate surface area is 102 Å². The number of hydrogen-bond acceptors (Lipinski definition) is 2. The molecule has 98 valence electrons. The van der Waals surface area contributed by atoms with Gasteiger partial charge in [-0.15, -0.1) is 0 Å². The molecule has 0 radical (unpaired) electrons. The summed E-state index contributed by atoms with van der Waals surface area (Å²) >= 11 is 0. The van der Waals surface area contributed by atoms with Crippen LogP contribution in [-0.2, 0) is 11.2 Å². The first-order valence-corrected chi connectivity index (χ1v) is 5.62. The van der Waals surface area contributed by atoms with Crippen molar-refractivity contribution in [1.29, 1.82) is 0 Å². The maximum Gasteiger partial charge on any atom is 0.389 e. The predicted molar refractivity (Wildman–Crippen MR) is 62.2 cm³/mol. The molecule has 0 aromatic heterocycles. The monoisotopic (exact) mass is 258 g/mol. The molecule has 0 atom stereocenters. The van der Waals surface area contributed by atoms with Crippen LogP contribution in [0.2, 0.25) is 0 Å². The van der Waals surface area contributed by atoms with Gasteiger partial charge in [0.15, 0.2) is 0 Å². The Bertz CT molecular complexity index is 471. The highest BCUT2D eigenvalue weighted by atomic mass is 19.4. The van der Waals surface area contributed by atoms with E-state index in [9.17, 15) is 18.0 Å². The molecule has 1 amide bonds. The average molecular weight is 258 g/mol. The summed E-state index contributed by atoms with van der Waals surface area (Å²) in [5.41, 5.74) is 7.71. The van der Waals surface area contributed by atoms with E-state index in [4.69, 9.17) is 5.73 Å². The molecular formula is C12H13F3N2O. The fourth-order valence-electron chi connectivity index (χ4n) is 2.04. The van der Waals surface area contributed by atoms with E-state index in [1.54, 1.807) is 12.1 Å². The molecule has 2 N–H and O–H groups in total. The van der Waals surface area contributed by atoms with Gasteiger partial charge in [-0.2, -0.15) is 13.2 Å². The molecule has 0 bridgehead atoms. The molecule has 18 heavy (non-hydrogen) atoms. The summed E-state index contributed by atoms with van der Waals surface area (Å²) in [6.45, 7) is 0.426. The molecule has 0 spiro atoms. The molecule has 0 aliphatic carbocycles. The molecule has 1 aromatic rings. The second kappa shape index (κ2) is 4.51. The Morgan fingerprint density at radius 1 is 1.39 bits per heavy atom. The normalized spacial score (nSPS) is 14.7. The third-order valence-corrected chi connectivity index (χ3v) is 2.93. The largest absolute Gasteiger partial charge is 0.399 e. The number of nitrogens with zero attached hydrogens (tertiary/aromatic N) is 1. The molecule has 3 nitrogen and oxygen atoms in total. The number of hydrogen-bond donors (Lipinski definition) is 1. The summed E-state index contributed by atoms with van der Waals surface area (Å²) in [5.74, 6) is -0.503. The van der Waals surface area contributed by atoms with Crippen molar-refractivity contribution in [3.63, 3.8) is 0 Å². The SMILES string of the molecule is Nc1ccc2c(c1)N(C(=O)CCC(F)(F)F)CC2. The fourth-order valence-corrected chi connectivity index (χ4v) is 2.04. The minimum atomic E-state index is -4.30. The summed E-state index contributed by atoms with van der Waals surface area (Å²) < 4.78 is 36.2. The summed E-state index contributed by atoms with van der Waals surface area (Å²) in [4.78, 5) is 13.1. The van der Waals surface area contributed by atoms with Gasteiger partial charge in [0.2, 0.25) is 5.91 Å². The number of nitrogens with two attached hydrogens (primary N) is 1. The fraction of sp³-hybridized carbons (Fsp3) is 0.417. The molecular weight excluding hydrogens is 245 g/mol. The highest BCUT2D eigenvalue weighted by Crippen LogP contribution is 2.31. The molecule has 0 unspecified atom stereocenters. The van der Waals surface area contributed by atoms with Crippen molar-refractivity contribution < 1.29 is 18.0 Å². The Morgan fingerprint density at radius 3 is 2.78 bits per heavy atom. The van der Waals surface area contributed by atoms with Gasteiger partial charge in [0.25, 0.3) is 0 Å². The zero-order valence-corrected chi connectivity index (χ0v) is 9.63. The first-order chi connectivity index (χ1) is 8.37. The maximum atomic E-state index is 12.1. The molecule has 1 aromatic carbocycles. The highest BCUT2D eigenvalue weighted by molar-refractivity contribution is 5.96. The second-order valence-corrected chi connectivity index (χ2v) is 4.30. The Morgan fingerprint density at radius 2 is 2.11 bits per heavy atom. The lowest BCUT2D eigenvalue weighted by molar-refractivity contribution is -0.143. The summed E-state index contributed by atoms with van der Waals surface area (Å²) in [6, 6.07) is 5.16. The van der Waals surface area contributed by atoms with Crippen LogP contribution in [-0.4, -0.2) is 18.6 Å². The van der Waals surface area contributed by atoms with Crippen molar-refractivity contribution in [3.8, 4) is 0 Å². The highest BCUT2D eigenvalue weighted by Gasteiger charge is 2.31. The van der Waals surface area contributed by atoms with Crippen LogP contribution in [0.15, 0.2) is 18.2 Å². The van der Waals surface area contributed by atoms with Gasteiger partial charge in [-0.1, -0.05) is 6.07 Å². The van der Waals surface area contributed by atoms with Crippen LogP contribution >= 0.6 is 0 Å². The van der Waals surface area contributed by atoms with E-state index in [1.165, 1.54) is 4.90 Å². The zero-order valence-electron chi connectivity index (χ0n) is 9.63. The van der Waals surface area contributed by atoms with Gasteiger partial charge in [0.1, 0.15) is 0 Å². The summed E-state index contributed by atoms with van der Waals surface area (Å²) in [7, 11) is 0. The van der Waals surface area contributed by atoms with Crippen LogP contribution in [0.4, 0.5) is 24.5 Å². The van der Waals surface area contributed by atoms with E-state index in [-0.39, 0.29) is 0 Å². The van der Waals surface area contributed by atoms with Crippen molar-refractivity contribution in [3.05, 3.63) is 23.8 Å². The number of benzene rings is 1. The van der Waals surface area contributed by atoms with Crippen LogP contribution < -0.4 is 10.6 Å². The minimum absolute atomic E-state index is 0.426. The van der Waals surface area contributed by atoms with Crippen LogP contribution in [0.5, 0.6) is 0 Å². The maximum absolute atomic E-state index is 12.1. The summed E-state index contributed by atoms with van der Waals surface area (Å²) in [6.07, 6.45) is -5.24. The van der Waals surface area contributed by atoms with Gasteiger partial charge in [-0.3, -0.25) is 4.79 Å². The molecule has 1 aliphatic rings. The lowest BCUT2D eigenvalue weighted by Gasteiger charge is -2.18. The molecule has 2 rings (SSSR count). The third-order valence-electron chi connectivity index (χ3n) is 2.93. The first kappa shape index (κ1) is 12.7. The molecule has 0 fully saturated rings. The minimum Gasteiger partial charge on any atom is -0.399 e. The number of amides is 1. The van der Waals surface area contributed by atoms with Gasteiger partial charge in [-0.25, -0.2) is 0 Å². The lowest BCUT2D eigenvalue weighted by atomic mass is 10.1. The number of carbonyl (C=O) groups excluding carboxylic acids is 1. The van der Waals surface area contributed by atoms with Gasteiger partial charge in [0.05, 0.1) is 6.42 Å². The van der Waals surface area contributed by atoms with Crippen molar-refractivity contribution in [2.45, 2.75) is 25.4 Å². The molecule has 1 aliphatic heterocycles. The van der Waals surface area contributed by atoms with E-state index in [0.29, 0.717) is 24.3 Å². The molecule has 0 saturated heterocycles. The Balaban J connectivity index is 2.09. The lowest BCUT2D eigenvalue weighted by Crippen LogP contribution is -2.29. The predicted octanol–water partition coefficient (Wildman–Crippen LogP) is 2.50. The number of fused-ring (bicyclic) bond motifs is 1. The van der Waals surface area contributed by atoms with Crippen LogP contribution in [0.1, 0.15) is 18.4 Å². The number of anilines is 2. The number of alkyl halides is 3. The quantitative estimate of drug-likeness (QED) is 0.828. The van der Waals surface area contributed by atoms with Crippen LogP contribution in [0.3, 0.4) is 0 Å². The molecule has 1 heterocycles. The van der Waals surface area contributed by atoms with E-state index in [0.717, 1.165) is 5.56 Å². The number of halogens is 3. The van der Waals surface area contributed by atoms with Gasteiger partial charge < -0.3 is 10.6 Å². The number of carbonyl (C=O) groups is 1. The van der Waals surface area contributed by atoms with E-state index >= 15 is 0 Å². The second-order valence-electron chi connectivity index (χ2n) is 4.30. The first-order valence-electron chi connectivity index (χ1n) is 5.62. The van der Waals surface area contributed by atoms with Crippen molar-refractivity contribution in [2.75, 3.05) is 17.2 Å². The van der Waals surface area contributed by atoms with Gasteiger partial charge in [-0.05, 0) is 24.1 Å². The topological polar surface area (TPSA) is 46.3 Å². The molecule has 0 saturated carbocycles. The van der Waals surface area contributed by atoms with Crippen molar-refractivity contribution in [1.82, 2.24) is 0 Å². The number of nitrogen functional groups attached to an aromatic ring is 1. The van der Waals surface area contributed by atoms with E-state index < -0.39 is 24.9 Å². The standard InChI is InChI=1S/C12H13F3N2O/c13-12(14,15)5-3-11(18)17-6-4-8-1-2-9(16)7-10(8)17/h1-2,7H,3-6,16H2. The van der Waals surface area contributed by atoms with Gasteiger partial charge in [0, 0.05) is 24.3 Å². The van der Waals surface area contributed by atoms with Crippen molar-refractivity contribution in [2.24, 2.45) is 0 Å². The van der Waals surface area contributed by atoms with Crippen LogP contribution in [0, 0.1) is 0 Å². The zero-order chi connectivity index (χ0) is 13.3. The van der Waals surface area contributed by atoms with Crippen LogP contribution in [0.25, 0.3) is 0 Å². The molecule has 6 heteroatoms. The average Bonchev–Trinajstić information content (AvgIpc) is 2.67. The van der Waals surface area contributed by atoms with Crippen molar-refractivity contribution >= 4 is 17.3 Å². The number of rotatable bonds is 2. The smallest absolute Gasteiger partial charge is 0.389 e. The Hall–Kier alpha value is -1.72. The van der Waals surface area contributed by atoms with Gasteiger partial charge >= 0.3 is 6.18 Å². The Kier molecular flexibility index (Phi) is 3.19. The third kappa shape index (κ3) is 2.75. The van der Waals surface area contributed by atoms with E-state index in [1.807, 2.05) is 6.07 Å².